The molecule has 2 aromatic carbocycles. The standard InChI is InChI=1S/C20H15N5O4/c1-3-19(26)22-15-5-4-6-16(10-15)24-12-17(20(23-24)25(27)28)13-7-8-14(11-21)18(9-13)29-2/h3-10,12H,1H2,2H3,(H,22,26). The van der Waals surface area contributed by atoms with Gasteiger partial charge >= 0.3 is 5.82 Å². The maximum absolute atomic E-state index is 11.5. The third-order valence-electron chi connectivity index (χ3n) is 4.06. The number of nitrogens with one attached hydrogen (secondary N) is 1. The van der Waals surface area contributed by atoms with Crippen LogP contribution in [0, 0.1) is 21.4 Å². The van der Waals surface area contributed by atoms with Gasteiger partial charge in [0.2, 0.25) is 5.91 Å². The molecule has 0 bridgehead atoms. The summed E-state index contributed by atoms with van der Waals surface area (Å²) in [6.45, 7) is 3.40. The summed E-state index contributed by atoms with van der Waals surface area (Å²) in [7, 11) is 1.42. The van der Waals surface area contributed by atoms with Crippen LogP contribution in [0.1, 0.15) is 5.56 Å². The Morgan fingerprint density at radius 3 is 2.83 bits per heavy atom. The molecule has 144 valence electrons. The Morgan fingerprint density at radius 1 is 1.38 bits per heavy atom. The summed E-state index contributed by atoms with van der Waals surface area (Å²) in [5, 5.41) is 27.4. The summed E-state index contributed by atoms with van der Waals surface area (Å²) in [6, 6.07) is 13.4. The lowest BCUT2D eigenvalue weighted by Gasteiger charge is -2.05. The Bertz CT molecular complexity index is 1160. The van der Waals surface area contributed by atoms with Gasteiger partial charge in [-0.15, -0.1) is 4.68 Å². The average Bonchev–Trinajstić information content (AvgIpc) is 3.19. The van der Waals surface area contributed by atoms with E-state index in [4.69, 9.17) is 10.00 Å². The van der Waals surface area contributed by atoms with Gasteiger partial charge in [0.1, 0.15) is 17.4 Å². The first kappa shape index (κ1) is 19.3. The van der Waals surface area contributed by atoms with Gasteiger partial charge in [0, 0.05) is 5.69 Å². The maximum Gasteiger partial charge on any atom is 0.398 e. The number of amides is 1. The molecule has 9 nitrogen and oxygen atoms in total. The number of hydrogen-bond acceptors (Lipinski definition) is 6. The number of nitro groups is 1. The van der Waals surface area contributed by atoms with E-state index in [1.54, 1.807) is 36.4 Å². The molecular formula is C20H15N5O4. The maximum atomic E-state index is 11.5. The smallest absolute Gasteiger partial charge is 0.398 e. The summed E-state index contributed by atoms with van der Waals surface area (Å²) in [6.07, 6.45) is 2.65. The zero-order valence-electron chi connectivity index (χ0n) is 15.3. The van der Waals surface area contributed by atoms with Crippen LogP contribution in [-0.2, 0) is 4.79 Å². The number of rotatable bonds is 6. The average molecular weight is 389 g/mol. The third kappa shape index (κ3) is 3.96. The summed E-state index contributed by atoms with van der Waals surface area (Å²) >= 11 is 0. The fraction of sp³-hybridized carbons (Fsp3) is 0.0500. The molecule has 0 saturated heterocycles. The first-order chi connectivity index (χ1) is 14.0. The van der Waals surface area contributed by atoms with E-state index in [-0.39, 0.29) is 17.3 Å². The molecule has 1 aromatic heterocycles. The van der Waals surface area contributed by atoms with Crippen LogP contribution in [0.15, 0.2) is 61.3 Å². The minimum Gasteiger partial charge on any atom is -0.495 e. The highest BCUT2D eigenvalue weighted by molar-refractivity contribution is 5.99. The summed E-state index contributed by atoms with van der Waals surface area (Å²) in [5.74, 6) is -0.419. The largest absolute Gasteiger partial charge is 0.495 e. The second kappa shape index (κ2) is 8.06. The number of nitrogens with zero attached hydrogens (tertiary/aromatic N) is 4. The summed E-state index contributed by atoms with van der Waals surface area (Å²) < 4.78 is 6.53. The molecule has 0 aliphatic heterocycles. The number of methoxy groups -OCH3 is 1. The van der Waals surface area contributed by atoms with Crippen molar-refractivity contribution in [3.8, 4) is 28.6 Å². The van der Waals surface area contributed by atoms with Gasteiger partial charge in [0.15, 0.2) is 0 Å². The molecule has 1 amide bonds. The number of hydrogen-bond donors (Lipinski definition) is 1. The molecule has 0 radical (unpaired) electrons. The SMILES string of the molecule is C=CC(=O)Nc1cccc(-n2cc(-c3ccc(C#N)c(OC)c3)c([N+](=O)[O-])n2)c1. The van der Waals surface area contributed by atoms with Gasteiger partial charge in [-0.1, -0.05) is 18.7 Å². The predicted molar refractivity (Wildman–Crippen MR) is 106 cm³/mol. The molecule has 29 heavy (non-hydrogen) atoms. The van der Waals surface area contributed by atoms with Crippen LogP contribution in [0.3, 0.4) is 0 Å². The molecule has 0 saturated carbocycles. The minimum absolute atomic E-state index is 0.262. The number of anilines is 1. The van der Waals surface area contributed by atoms with Crippen molar-refractivity contribution in [2.45, 2.75) is 0 Å². The third-order valence-corrected chi connectivity index (χ3v) is 4.06. The van der Waals surface area contributed by atoms with Crippen LogP contribution >= 0.6 is 0 Å². The molecule has 0 unspecified atom stereocenters. The Morgan fingerprint density at radius 2 is 2.17 bits per heavy atom. The van der Waals surface area contributed by atoms with Crippen LogP contribution < -0.4 is 10.1 Å². The topological polar surface area (TPSA) is 123 Å². The van der Waals surface area contributed by atoms with Crippen molar-refractivity contribution in [1.29, 1.82) is 5.26 Å². The van der Waals surface area contributed by atoms with E-state index >= 15 is 0 Å². The number of nitriles is 1. The van der Waals surface area contributed by atoms with Crippen molar-refractivity contribution in [1.82, 2.24) is 9.78 Å². The number of carbonyl (C=O) groups excluding carboxylic acids is 1. The van der Waals surface area contributed by atoms with Gasteiger partial charge in [-0.05, 0) is 46.9 Å². The Hall–Kier alpha value is -4.45. The van der Waals surface area contributed by atoms with Crippen molar-refractivity contribution in [3.63, 3.8) is 0 Å². The predicted octanol–water partition coefficient (Wildman–Crippen LogP) is 3.45. The molecule has 0 atom stereocenters. The van der Waals surface area contributed by atoms with Gasteiger partial charge in [-0.25, -0.2) is 0 Å². The molecule has 9 heteroatoms. The van der Waals surface area contributed by atoms with E-state index in [0.29, 0.717) is 28.3 Å². The summed E-state index contributed by atoms with van der Waals surface area (Å²) in [5.41, 5.74) is 2.07. The Balaban J connectivity index is 2.08. The van der Waals surface area contributed by atoms with Gasteiger partial charge in [0.25, 0.3) is 0 Å². The Labute approximate surface area is 165 Å². The van der Waals surface area contributed by atoms with E-state index < -0.39 is 4.92 Å². The second-order valence-corrected chi connectivity index (χ2v) is 5.84. The Kier molecular flexibility index (Phi) is 5.37. The van der Waals surface area contributed by atoms with E-state index in [1.807, 2.05) is 6.07 Å². The molecule has 0 aliphatic rings. The first-order valence-corrected chi connectivity index (χ1v) is 8.33. The molecule has 0 spiro atoms. The number of carbonyl (C=O) groups is 1. The van der Waals surface area contributed by atoms with Crippen LogP contribution in [-0.4, -0.2) is 27.7 Å². The molecule has 0 aliphatic carbocycles. The van der Waals surface area contributed by atoms with Crippen LogP contribution in [0.2, 0.25) is 0 Å². The molecule has 0 fully saturated rings. The molecular weight excluding hydrogens is 374 g/mol. The minimum atomic E-state index is -0.583. The van der Waals surface area contributed by atoms with E-state index in [0.717, 1.165) is 6.08 Å². The lowest BCUT2D eigenvalue weighted by molar-refractivity contribution is -0.389. The number of aromatic nitrogens is 2. The van der Waals surface area contributed by atoms with Crippen molar-refractivity contribution in [2.75, 3.05) is 12.4 Å². The fourth-order valence-electron chi connectivity index (χ4n) is 2.71. The highest BCUT2D eigenvalue weighted by Crippen LogP contribution is 2.33. The quantitative estimate of drug-likeness (QED) is 0.391. The monoisotopic (exact) mass is 389 g/mol. The van der Waals surface area contributed by atoms with Crippen molar-refractivity contribution in [2.24, 2.45) is 0 Å². The van der Waals surface area contributed by atoms with Crippen LogP contribution in [0.5, 0.6) is 5.75 Å². The van der Waals surface area contributed by atoms with Crippen LogP contribution in [0.4, 0.5) is 11.5 Å². The van der Waals surface area contributed by atoms with Crippen molar-refractivity contribution in [3.05, 3.63) is 77.0 Å². The van der Waals surface area contributed by atoms with Crippen molar-refractivity contribution >= 4 is 17.4 Å². The van der Waals surface area contributed by atoms with Gasteiger partial charge < -0.3 is 20.2 Å². The van der Waals surface area contributed by atoms with E-state index in [2.05, 4.69) is 17.0 Å². The number of benzene rings is 2. The zero-order valence-corrected chi connectivity index (χ0v) is 15.3. The van der Waals surface area contributed by atoms with Crippen LogP contribution in [0.25, 0.3) is 16.8 Å². The molecule has 1 heterocycles. The lowest BCUT2D eigenvalue weighted by atomic mass is 10.1. The molecule has 1 N–H and O–H groups in total. The van der Waals surface area contributed by atoms with Crippen molar-refractivity contribution < 1.29 is 14.5 Å². The van der Waals surface area contributed by atoms with Gasteiger partial charge in [-0.3, -0.25) is 4.79 Å². The lowest BCUT2D eigenvalue weighted by Crippen LogP contribution is -2.07. The van der Waals surface area contributed by atoms with E-state index in [9.17, 15) is 14.9 Å². The van der Waals surface area contributed by atoms with Gasteiger partial charge in [-0.2, -0.15) is 5.26 Å². The molecule has 3 aromatic rings. The first-order valence-electron chi connectivity index (χ1n) is 8.33. The second-order valence-electron chi connectivity index (χ2n) is 5.84. The van der Waals surface area contributed by atoms with E-state index in [1.165, 1.54) is 24.1 Å². The normalized spacial score (nSPS) is 10.1. The molecule has 3 rings (SSSR count). The summed E-state index contributed by atoms with van der Waals surface area (Å²) in [4.78, 5) is 22.5. The fourth-order valence-corrected chi connectivity index (χ4v) is 2.71. The highest BCUT2D eigenvalue weighted by Gasteiger charge is 2.24. The van der Waals surface area contributed by atoms with Gasteiger partial charge in [0.05, 0.1) is 29.7 Å². The number of ether oxygens (including phenoxy) is 1. The highest BCUT2D eigenvalue weighted by atomic mass is 16.6. The zero-order chi connectivity index (χ0) is 21.0.